The Bertz CT molecular complexity index is 369. The van der Waals surface area contributed by atoms with E-state index in [1.807, 2.05) is 0 Å². The second-order valence-corrected chi connectivity index (χ2v) is 6.36. The average Bonchev–Trinajstić information content (AvgIpc) is 3.15. The fraction of sp³-hybridized carbons (Fsp3) is 0.867. The predicted molar refractivity (Wildman–Crippen MR) is 72.2 cm³/mol. The van der Waals surface area contributed by atoms with E-state index in [1.165, 1.54) is 25.7 Å². The first-order valence-electron chi connectivity index (χ1n) is 7.69. The zero-order chi connectivity index (χ0) is 13.2. The molecule has 4 heteroatoms. The maximum atomic E-state index is 12.3. The molecule has 1 heterocycles. The van der Waals surface area contributed by atoms with Crippen LogP contribution in [-0.2, 0) is 4.79 Å². The fourth-order valence-electron chi connectivity index (χ4n) is 4.01. The van der Waals surface area contributed by atoms with Crippen LogP contribution in [0.4, 0.5) is 0 Å². The normalized spacial score (nSPS) is 35.2. The molecule has 1 N–H and O–H groups in total. The summed E-state index contributed by atoms with van der Waals surface area (Å²) < 4.78 is 0. The minimum absolute atomic E-state index is 0.315. The second kappa shape index (κ2) is 5.50. The first-order valence-corrected chi connectivity index (χ1v) is 7.69. The minimum atomic E-state index is 0.315. The number of fused-ring (bicyclic) bond motifs is 1. The number of likely N-dealkylation sites (tertiary alicyclic amines) is 1. The Morgan fingerprint density at radius 2 is 1.79 bits per heavy atom. The molecule has 0 bridgehead atoms. The Morgan fingerprint density at radius 3 is 2.37 bits per heavy atom. The summed E-state index contributed by atoms with van der Waals surface area (Å²) in [5, 5.41) is 11.9. The van der Waals surface area contributed by atoms with Crippen LogP contribution in [0.1, 0.15) is 38.5 Å². The minimum Gasteiger partial charge on any atom is -0.353 e. The standard InChI is InChI=1S/C15H23N3O/c16-7-10-18-8-5-11(6-9-18)17-15(19)14-12-3-1-2-4-13(12)14/h11-14H,1-6,8-10H2,(H,17,19). The molecule has 1 amide bonds. The summed E-state index contributed by atoms with van der Waals surface area (Å²) in [6, 6.07) is 2.53. The molecule has 3 rings (SSSR count). The van der Waals surface area contributed by atoms with Gasteiger partial charge >= 0.3 is 0 Å². The zero-order valence-corrected chi connectivity index (χ0v) is 11.5. The second-order valence-electron chi connectivity index (χ2n) is 6.36. The van der Waals surface area contributed by atoms with Gasteiger partial charge in [0, 0.05) is 25.0 Å². The number of hydrogen-bond acceptors (Lipinski definition) is 3. The number of carbonyl (C=O) groups excluding carboxylic acids is 1. The van der Waals surface area contributed by atoms with Crippen molar-refractivity contribution < 1.29 is 4.79 Å². The summed E-state index contributed by atoms with van der Waals surface area (Å²) in [5.41, 5.74) is 0. The van der Waals surface area contributed by atoms with E-state index in [0.29, 0.717) is 36.2 Å². The Balaban J connectivity index is 1.43. The van der Waals surface area contributed by atoms with Crippen LogP contribution >= 0.6 is 0 Å². The van der Waals surface area contributed by atoms with Gasteiger partial charge in [-0.3, -0.25) is 9.69 Å². The molecule has 0 aromatic heterocycles. The largest absolute Gasteiger partial charge is 0.353 e. The Hall–Kier alpha value is -1.08. The SMILES string of the molecule is N#CCN1CCC(NC(=O)C2C3CCCCC32)CC1. The number of amides is 1. The molecular formula is C15H23N3O. The molecular weight excluding hydrogens is 238 g/mol. The quantitative estimate of drug-likeness (QED) is 0.784. The van der Waals surface area contributed by atoms with Gasteiger partial charge in [-0.2, -0.15) is 5.26 Å². The van der Waals surface area contributed by atoms with Crippen molar-refractivity contribution in [1.29, 1.82) is 5.26 Å². The molecule has 0 aromatic rings. The Labute approximate surface area is 115 Å². The van der Waals surface area contributed by atoms with Crippen LogP contribution in [-0.4, -0.2) is 36.5 Å². The monoisotopic (exact) mass is 261 g/mol. The molecule has 104 valence electrons. The van der Waals surface area contributed by atoms with Crippen molar-refractivity contribution in [2.24, 2.45) is 17.8 Å². The highest BCUT2D eigenvalue weighted by Gasteiger charge is 2.54. The molecule has 4 nitrogen and oxygen atoms in total. The lowest BCUT2D eigenvalue weighted by atomic mass is 10.0. The summed E-state index contributed by atoms with van der Waals surface area (Å²) in [7, 11) is 0. The van der Waals surface area contributed by atoms with E-state index in [0.717, 1.165) is 25.9 Å². The van der Waals surface area contributed by atoms with Crippen molar-refractivity contribution in [3.8, 4) is 6.07 Å². The third kappa shape index (κ3) is 2.76. The van der Waals surface area contributed by atoms with Crippen molar-refractivity contribution in [2.45, 2.75) is 44.6 Å². The molecule has 0 radical (unpaired) electrons. The van der Waals surface area contributed by atoms with Crippen LogP contribution in [0, 0.1) is 29.1 Å². The number of hydrogen-bond donors (Lipinski definition) is 1. The molecule has 0 spiro atoms. The van der Waals surface area contributed by atoms with Crippen molar-refractivity contribution in [3.05, 3.63) is 0 Å². The van der Waals surface area contributed by atoms with E-state index < -0.39 is 0 Å². The number of rotatable bonds is 3. The van der Waals surface area contributed by atoms with E-state index in [1.54, 1.807) is 0 Å². The molecule has 2 unspecified atom stereocenters. The summed E-state index contributed by atoms with van der Waals surface area (Å²) in [6.07, 6.45) is 7.16. The number of piperidine rings is 1. The van der Waals surface area contributed by atoms with Crippen LogP contribution < -0.4 is 5.32 Å². The van der Waals surface area contributed by atoms with Crippen LogP contribution in [0.5, 0.6) is 0 Å². The predicted octanol–water partition coefficient (Wildman–Crippen LogP) is 1.53. The highest BCUT2D eigenvalue weighted by Crippen LogP contribution is 2.55. The lowest BCUT2D eigenvalue weighted by molar-refractivity contribution is -0.123. The number of nitrogens with one attached hydrogen (secondary N) is 1. The Kier molecular flexibility index (Phi) is 3.74. The summed E-state index contributed by atoms with van der Waals surface area (Å²) >= 11 is 0. The fourth-order valence-corrected chi connectivity index (χ4v) is 4.01. The molecule has 3 aliphatic rings. The van der Waals surface area contributed by atoms with Crippen molar-refractivity contribution in [2.75, 3.05) is 19.6 Å². The summed E-state index contributed by atoms with van der Waals surface area (Å²) in [5.74, 6) is 2.05. The molecule has 0 aromatic carbocycles. The highest BCUT2D eigenvalue weighted by molar-refractivity contribution is 5.82. The van der Waals surface area contributed by atoms with Gasteiger partial charge in [-0.25, -0.2) is 0 Å². The van der Waals surface area contributed by atoms with Crippen LogP contribution in [0.25, 0.3) is 0 Å². The third-order valence-electron chi connectivity index (χ3n) is 5.19. The van der Waals surface area contributed by atoms with E-state index in [-0.39, 0.29) is 0 Å². The molecule has 1 aliphatic heterocycles. The lowest BCUT2D eigenvalue weighted by Gasteiger charge is -2.30. The molecule has 2 saturated carbocycles. The topological polar surface area (TPSA) is 56.1 Å². The van der Waals surface area contributed by atoms with Crippen LogP contribution in [0.2, 0.25) is 0 Å². The van der Waals surface area contributed by atoms with Crippen LogP contribution in [0.3, 0.4) is 0 Å². The van der Waals surface area contributed by atoms with Crippen molar-refractivity contribution in [3.63, 3.8) is 0 Å². The molecule has 2 atom stereocenters. The van der Waals surface area contributed by atoms with Gasteiger partial charge in [0.05, 0.1) is 12.6 Å². The molecule has 2 aliphatic carbocycles. The third-order valence-corrected chi connectivity index (χ3v) is 5.19. The first-order chi connectivity index (χ1) is 9.29. The molecule has 1 saturated heterocycles. The first kappa shape index (κ1) is 12.9. The van der Waals surface area contributed by atoms with E-state index in [4.69, 9.17) is 5.26 Å². The Morgan fingerprint density at radius 1 is 1.16 bits per heavy atom. The van der Waals surface area contributed by atoms with Gasteiger partial charge in [-0.15, -0.1) is 0 Å². The summed E-state index contributed by atoms with van der Waals surface area (Å²) in [4.78, 5) is 14.4. The number of carbonyl (C=O) groups is 1. The highest BCUT2D eigenvalue weighted by atomic mass is 16.2. The van der Waals surface area contributed by atoms with Gasteiger partial charge in [0.15, 0.2) is 0 Å². The van der Waals surface area contributed by atoms with E-state index in [9.17, 15) is 4.79 Å². The van der Waals surface area contributed by atoms with Gasteiger partial charge in [0.25, 0.3) is 0 Å². The molecule has 19 heavy (non-hydrogen) atoms. The van der Waals surface area contributed by atoms with Gasteiger partial charge in [-0.05, 0) is 37.5 Å². The number of nitriles is 1. The van der Waals surface area contributed by atoms with E-state index in [2.05, 4.69) is 16.3 Å². The van der Waals surface area contributed by atoms with Gasteiger partial charge < -0.3 is 5.32 Å². The van der Waals surface area contributed by atoms with Crippen LogP contribution in [0.15, 0.2) is 0 Å². The van der Waals surface area contributed by atoms with Gasteiger partial charge in [0.2, 0.25) is 5.91 Å². The maximum absolute atomic E-state index is 12.3. The van der Waals surface area contributed by atoms with Gasteiger partial charge in [-0.1, -0.05) is 12.8 Å². The number of nitrogens with zero attached hydrogens (tertiary/aromatic N) is 2. The molecule has 3 fully saturated rings. The summed E-state index contributed by atoms with van der Waals surface area (Å²) in [6.45, 7) is 2.40. The lowest BCUT2D eigenvalue weighted by Crippen LogP contribution is -2.45. The average molecular weight is 261 g/mol. The zero-order valence-electron chi connectivity index (χ0n) is 11.5. The van der Waals surface area contributed by atoms with E-state index >= 15 is 0 Å². The van der Waals surface area contributed by atoms with Crippen molar-refractivity contribution in [1.82, 2.24) is 10.2 Å². The van der Waals surface area contributed by atoms with Crippen molar-refractivity contribution >= 4 is 5.91 Å². The van der Waals surface area contributed by atoms with Gasteiger partial charge in [0.1, 0.15) is 0 Å². The maximum Gasteiger partial charge on any atom is 0.223 e. The smallest absolute Gasteiger partial charge is 0.223 e.